The van der Waals surface area contributed by atoms with Crippen molar-refractivity contribution in [3.05, 3.63) is 47.0 Å². The highest BCUT2D eigenvalue weighted by Gasteiger charge is 2.35. The van der Waals surface area contributed by atoms with Gasteiger partial charge in [0.1, 0.15) is 11.4 Å². The molecule has 3 rings (SSSR count). The normalized spacial score (nSPS) is 18.9. The Labute approximate surface area is 182 Å². The molecular formula is C23H31FN4O3. The van der Waals surface area contributed by atoms with Gasteiger partial charge in [-0.15, -0.1) is 0 Å². The van der Waals surface area contributed by atoms with E-state index < -0.39 is 11.7 Å². The maximum atomic E-state index is 13.4. The van der Waals surface area contributed by atoms with Crippen molar-refractivity contribution in [3.8, 4) is 5.69 Å². The Kier molecular flexibility index (Phi) is 6.38. The summed E-state index contributed by atoms with van der Waals surface area (Å²) in [5.41, 5.74) is 2.08. The number of hydrogen-bond acceptors (Lipinski definition) is 4. The van der Waals surface area contributed by atoms with Crippen molar-refractivity contribution < 1.29 is 18.7 Å². The third kappa shape index (κ3) is 5.24. The van der Waals surface area contributed by atoms with Gasteiger partial charge in [-0.3, -0.25) is 4.79 Å². The van der Waals surface area contributed by atoms with Gasteiger partial charge < -0.3 is 15.0 Å². The maximum Gasteiger partial charge on any atom is 0.407 e. The van der Waals surface area contributed by atoms with E-state index >= 15 is 0 Å². The molecule has 7 nitrogen and oxygen atoms in total. The van der Waals surface area contributed by atoms with Crippen LogP contribution in [0, 0.1) is 25.6 Å². The highest BCUT2D eigenvalue weighted by atomic mass is 19.1. The molecule has 0 radical (unpaired) electrons. The molecule has 0 aliphatic carbocycles. The predicted octanol–water partition coefficient (Wildman–Crippen LogP) is 4.00. The first-order valence-electron chi connectivity index (χ1n) is 10.6. The van der Waals surface area contributed by atoms with Crippen LogP contribution in [0.4, 0.5) is 9.18 Å². The van der Waals surface area contributed by atoms with E-state index in [0.717, 1.165) is 12.1 Å². The fourth-order valence-corrected chi connectivity index (χ4v) is 4.04. The summed E-state index contributed by atoms with van der Waals surface area (Å²) in [6.07, 6.45) is 0.350. The van der Waals surface area contributed by atoms with Crippen LogP contribution in [0.5, 0.6) is 0 Å². The Hall–Kier alpha value is -2.90. The summed E-state index contributed by atoms with van der Waals surface area (Å²) in [5.74, 6) is -0.242. The van der Waals surface area contributed by atoms with Gasteiger partial charge in [-0.1, -0.05) is 0 Å². The minimum absolute atomic E-state index is 0.0471. The number of hydrogen-bond donors (Lipinski definition) is 1. The van der Waals surface area contributed by atoms with E-state index in [1.54, 1.807) is 16.8 Å². The number of benzene rings is 1. The van der Waals surface area contributed by atoms with Crippen LogP contribution in [0.25, 0.3) is 5.69 Å². The zero-order chi connectivity index (χ0) is 22.9. The number of rotatable bonds is 4. The van der Waals surface area contributed by atoms with Crippen molar-refractivity contribution in [2.24, 2.45) is 5.92 Å². The van der Waals surface area contributed by atoms with Crippen LogP contribution in [0.15, 0.2) is 24.3 Å². The molecule has 8 heteroatoms. The lowest BCUT2D eigenvalue weighted by Crippen LogP contribution is -2.37. The van der Waals surface area contributed by atoms with Gasteiger partial charge in [0.25, 0.3) is 5.91 Å². The van der Waals surface area contributed by atoms with Gasteiger partial charge in [0.05, 0.1) is 22.6 Å². The van der Waals surface area contributed by atoms with Crippen molar-refractivity contribution in [2.45, 2.75) is 59.6 Å². The molecule has 1 N–H and O–H groups in total. The van der Waals surface area contributed by atoms with Crippen LogP contribution in [0.3, 0.4) is 0 Å². The van der Waals surface area contributed by atoms with E-state index in [1.807, 2.05) is 46.4 Å². The van der Waals surface area contributed by atoms with Crippen molar-refractivity contribution >= 4 is 12.0 Å². The molecule has 0 bridgehead atoms. The number of alkyl carbamates (subject to hydrolysis) is 1. The van der Waals surface area contributed by atoms with Crippen molar-refractivity contribution in [3.63, 3.8) is 0 Å². The Morgan fingerprint density at radius 1 is 1.23 bits per heavy atom. The highest BCUT2D eigenvalue weighted by molar-refractivity contribution is 5.97. The number of amides is 2. The summed E-state index contributed by atoms with van der Waals surface area (Å²) in [7, 11) is 0. The molecule has 1 fully saturated rings. The minimum Gasteiger partial charge on any atom is -0.444 e. The number of carbonyl (C=O) groups is 2. The molecule has 0 unspecified atom stereocenters. The summed E-state index contributed by atoms with van der Waals surface area (Å²) in [6, 6.07) is 6.07. The number of nitrogens with one attached hydrogen (secondary N) is 1. The molecule has 2 heterocycles. The quantitative estimate of drug-likeness (QED) is 0.795. The molecule has 168 valence electrons. The van der Waals surface area contributed by atoms with Crippen molar-refractivity contribution in [2.75, 3.05) is 13.1 Å². The van der Waals surface area contributed by atoms with Crippen LogP contribution in [-0.2, 0) is 4.74 Å². The Balaban J connectivity index is 1.70. The predicted molar refractivity (Wildman–Crippen MR) is 116 cm³/mol. The topological polar surface area (TPSA) is 76.5 Å². The smallest absolute Gasteiger partial charge is 0.407 e. The Morgan fingerprint density at radius 2 is 1.87 bits per heavy atom. The fraction of sp³-hybridized carbons (Fsp3) is 0.522. The molecule has 1 aliphatic rings. The van der Waals surface area contributed by atoms with Gasteiger partial charge in [-0.05, 0) is 78.1 Å². The van der Waals surface area contributed by atoms with Gasteiger partial charge in [0.15, 0.2) is 0 Å². The van der Waals surface area contributed by atoms with Gasteiger partial charge in [0.2, 0.25) is 0 Å². The molecule has 0 saturated carbocycles. The lowest BCUT2D eigenvalue weighted by molar-refractivity contribution is 0.0520. The molecule has 1 aromatic heterocycles. The summed E-state index contributed by atoms with van der Waals surface area (Å²) in [5, 5.41) is 7.32. The second-order valence-electron chi connectivity index (χ2n) is 9.23. The first-order chi connectivity index (χ1) is 14.5. The molecular weight excluding hydrogens is 399 g/mol. The number of halogens is 1. The van der Waals surface area contributed by atoms with Crippen LogP contribution < -0.4 is 5.32 Å². The van der Waals surface area contributed by atoms with Crippen LogP contribution in [0.2, 0.25) is 0 Å². The number of aryl methyl sites for hydroxylation is 1. The summed E-state index contributed by atoms with van der Waals surface area (Å²) in [4.78, 5) is 27.1. The van der Waals surface area contributed by atoms with E-state index in [1.165, 1.54) is 12.1 Å². The Bertz CT molecular complexity index is 962. The number of ether oxygens (including phenoxy) is 1. The average Bonchev–Trinajstić information content (AvgIpc) is 3.18. The van der Waals surface area contributed by atoms with Gasteiger partial charge in [-0.2, -0.15) is 5.10 Å². The molecule has 0 spiro atoms. The standard InChI is InChI=1S/C23H31FN4O3/c1-14-11-17(12-25-22(30)31-23(4,5)6)13-27(14)21(29)20-15(2)26-28(16(20)3)19-9-7-18(24)8-10-19/h7-10,14,17H,11-13H2,1-6H3,(H,25,30)/t14-,17+/m1/s1. The van der Waals surface area contributed by atoms with Gasteiger partial charge >= 0.3 is 6.09 Å². The molecule has 2 amide bonds. The second-order valence-corrected chi connectivity index (χ2v) is 9.23. The molecule has 31 heavy (non-hydrogen) atoms. The van der Waals surface area contributed by atoms with Crippen LogP contribution in [0.1, 0.15) is 55.9 Å². The van der Waals surface area contributed by atoms with Gasteiger partial charge in [-0.25, -0.2) is 13.9 Å². The lowest BCUT2D eigenvalue weighted by Gasteiger charge is -2.22. The van der Waals surface area contributed by atoms with E-state index in [9.17, 15) is 14.0 Å². The van der Waals surface area contributed by atoms with E-state index in [2.05, 4.69) is 10.4 Å². The number of aromatic nitrogens is 2. The summed E-state index contributed by atoms with van der Waals surface area (Å²) >= 11 is 0. The van der Waals surface area contributed by atoms with Crippen LogP contribution in [-0.4, -0.2) is 51.4 Å². The van der Waals surface area contributed by atoms with E-state index in [4.69, 9.17) is 4.74 Å². The monoisotopic (exact) mass is 430 g/mol. The zero-order valence-corrected chi connectivity index (χ0v) is 19.0. The van der Waals surface area contributed by atoms with E-state index in [0.29, 0.717) is 30.0 Å². The largest absolute Gasteiger partial charge is 0.444 e. The lowest BCUT2D eigenvalue weighted by atomic mass is 10.1. The highest BCUT2D eigenvalue weighted by Crippen LogP contribution is 2.27. The zero-order valence-electron chi connectivity index (χ0n) is 19.0. The molecule has 1 saturated heterocycles. The summed E-state index contributed by atoms with van der Waals surface area (Å²) in [6.45, 7) is 12.1. The first kappa shape index (κ1) is 22.8. The molecule has 2 aromatic rings. The first-order valence-corrected chi connectivity index (χ1v) is 10.6. The molecule has 1 aliphatic heterocycles. The second kappa shape index (κ2) is 8.69. The number of likely N-dealkylation sites (tertiary alicyclic amines) is 1. The third-order valence-corrected chi connectivity index (χ3v) is 5.43. The van der Waals surface area contributed by atoms with Crippen molar-refractivity contribution in [1.82, 2.24) is 20.0 Å². The summed E-state index contributed by atoms with van der Waals surface area (Å²) < 4.78 is 20.2. The van der Waals surface area contributed by atoms with Gasteiger partial charge in [0, 0.05) is 19.1 Å². The number of nitrogens with zero attached hydrogens (tertiary/aromatic N) is 3. The third-order valence-electron chi connectivity index (χ3n) is 5.43. The van der Waals surface area contributed by atoms with E-state index in [-0.39, 0.29) is 23.7 Å². The average molecular weight is 431 g/mol. The molecule has 1 aromatic carbocycles. The maximum absolute atomic E-state index is 13.4. The number of carbonyl (C=O) groups excluding carboxylic acids is 2. The SMILES string of the molecule is Cc1nn(-c2ccc(F)cc2)c(C)c1C(=O)N1C[C@H](CNC(=O)OC(C)(C)C)C[C@H]1C. The van der Waals surface area contributed by atoms with Crippen molar-refractivity contribution in [1.29, 1.82) is 0 Å². The molecule has 2 atom stereocenters. The minimum atomic E-state index is -0.547. The Morgan fingerprint density at radius 3 is 2.48 bits per heavy atom. The van der Waals surface area contributed by atoms with Crippen LogP contribution >= 0.6 is 0 Å². The fourth-order valence-electron chi connectivity index (χ4n) is 4.04.